The van der Waals surface area contributed by atoms with Gasteiger partial charge in [0.15, 0.2) is 0 Å². The molecular weight excluding hydrogens is 192 g/mol. The Morgan fingerprint density at radius 1 is 1.00 bits per heavy atom. The quantitative estimate of drug-likeness (QED) is 0.604. The predicted octanol–water partition coefficient (Wildman–Crippen LogP) is 4.12. The predicted molar refractivity (Wildman–Crippen MR) is 68.7 cm³/mol. The highest BCUT2D eigenvalue weighted by Crippen LogP contribution is 2.56. The van der Waals surface area contributed by atoms with E-state index in [-0.39, 0.29) is 10.8 Å². The van der Waals surface area contributed by atoms with E-state index in [1.54, 1.807) is 5.57 Å². The maximum Gasteiger partial charge on any atom is 0.0183 e. The third-order valence-electron chi connectivity index (χ3n) is 4.39. The zero-order valence-electron chi connectivity index (χ0n) is 10.2. The zero-order chi connectivity index (χ0) is 11.4. The first-order valence-corrected chi connectivity index (χ1v) is 6.04. The van der Waals surface area contributed by atoms with Crippen LogP contribution in [0.4, 0.5) is 0 Å². The fourth-order valence-corrected chi connectivity index (χ4v) is 3.57. The van der Waals surface area contributed by atoms with E-state index in [1.165, 1.54) is 11.1 Å². The molecule has 3 rings (SSSR count). The fourth-order valence-electron chi connectivity index (χ4n) is 3.57. The summed E-state index contributed by atoms with van der Waals surface area (Å²) >= 11 is 0. The van der Waals surface area contributed by atoms with Crippen molar-refractivity contribution in [3.63, 3.8) is 0 Å². The molecule has 2 aliphatic rings. The van der Waals surface area contributed by atoms with Crippen molar-refractivity contribution in [1.29, 1.82) is 0 Å². The van der Waals surface area contributed by atoms with Crippen LogP contribution in [0, 0.1) is 0 Å². The lowest BCUT2D eigenvalue weighted by molar-refractivity contribution is 0.511. The van der Waals surface area contributed by atoms with Gasteiger partial charge in [0.1, 0.15) is 0 Å². The van der Waals surface area contributed by atoms with Crippen molar-refractivity contribution in [1.82, 2.24) is 0 Å². The Labute approximate surface area is 97.7 Å². The molecule has 0 aliphatic heterocycles. The number of hydrogen-bond acceptors (Lipinski definition) is 0. The van der Waals surface area contributed by atoms with Crippen LogP contribution in [0.2, 0.25) is 0 Å². The summed E-state index contributed by atoms with van der Waals surface area (Å²) in [7, 11) is 0. The van der Waals surface area contributed by atoms with Crippen molar-refractivity contribution < 1.29 is 0 Å². The lowest BCUT2D eigenvalue weighted by atomic mass is 9.71. The minimum Gasteiger partial charge on any atom is -0.0833 e. The smallest absolute Gasteiger partial charge is 0.0183 e. The van der Waals surface area contributed by atoms with Crippen LogP contribution in [0.3, 0.4) is 0 Å². The number of benzene rings is 1. The molecule has 0 heterocycles. The van der Waals surface area contributed by atoms with E-state index < -0.39 is 0 Å². The highest BCUT2D eigenvalue weighted by atomic mass is 14.5. The minimum atomic E-state index is 0.191. The van der Waals surface area contributed by atoms with Gasteiger partial charge in [-0.1, -0.05) is 63.3 Å². The molecule has 0 radical (unpaired) electrons. The molecule has 1 unspecified atom stereocenters. The Hall–Kier alpha value is -1.30. The van der Waals surface area contributed by atoms with Gasteiger partial charge in [-0.2, -0.15) is 0 Å². The van der Waals surface area contributed by atoms with Crippen molar-refractivity contribution in [3.8, 4) is 0 Å². The number of allylic oxidation sites excluding steroid dienone is 4. The van der Waals surface area contributed by atoms with Crippen LogP contribution in [-0.2, 0) is 10.8 Å². The standard InChI is InChI=1S/C16H18/c1-15(2)12-8-4-5-9-13(12)16(3)11-7-6-10-14(15)16/h4-10H,11H2,1-3H3. The van der Waals surface area contributed by atoms with Gasteiger partial charge in [0.2, 0.25) is 0 Å². The Kier molecular flexibility index (Phi) is 1.78. The average Bonchev–Trinajstić information content (AvgIpc) is 2.46. The summed E-state index contributed by atoms with van der Waals surface area (Å²) in [5.74, 6) is 0. The van der Waals surface area contributed by atoms with Crippen LogP contribution in [0.1, 0.15) is 38.3 Å². The van der Waals surface area contributed by atoms with Gasteiger partial charge in [0.05, 0.1) is 0 Å². The Bertz CT molecular complexity index is 503. The molecule has 0 spiro atoms. The van der Waals surface area contributed by atoms with E-state index in [4.69, 9.17) is 0 Å². The third kappa shape index (κ3) is 1.000. The molecule has 0 amide bonds. The van der Waals surface area contributed by atoms with Crippen LogP contribution >= 0.6 is 0 Å². The molecule has 1 aromatic rings. The molecule has 0 nitrogen and oxygen atoms in total. The van der Waals surface area contributed by atoms with E-state index in [0.29, 0.717) is 0 Å². The molecule has 0 saturated heterocycles. The van der Waals surface area contributed by atoms with Crippen LogP contribution in [-0.4, -0.2) is 0 Å². The molecule has 0 saturated carbocycles. The number of rotatable bonds is 0. The second-order valence-corrected chi connectivity index (χ2v) is 5.72. The fraction of sp³-hybridized carbons (Fsp3) is 0.375. The summed E-state index contributed by atoms with van der Waals surface area (Å²) < 4.78 is 0. The van der Waals surface area contributed by atoms with Gasteiger partial charge in [-0.25, -0.2) is 0 Å². The zero-order valence-corrected chi connectivity index (χ0v) is 10.2. The summed E-state index contributed by atoms with van der Waals surface area (Å²) in [5, 5.41) is 0. The minimum absolute atomic E-state index is 0.191. The summed E-state index contributed by atoms with van der Waals surface area (Å²) in [6.45, 7) is 7.08. The van der Waals surface area contributed by atoms with Gasteiger partial charge in [0, 0.05) is 10.8 Å². The van der Waals surface area contributed by atoms with Crippen molar-refractivity contribution in [2.75, 3.05) is 0 Å². The molecule has 0 fully saturated rings. The van der Waals surface area contributed by atoms with E-state index in [2.05, 4.69) is 63.3 Å². The van der Waals surface area contributed by atoms with Crippen molar-refractivity contribution in [2.24, 2.45) is 0 Å². The van der Waals surface area contributed by atoms with E-state index in [9.17, 15) is 0 Å². The summed E-state index contributed by atoms with van der Waals surface area (Å²) in [5.41, 5.74) is 5.03. The molecule has 16 heavy (non-hydrogen) atoms. The van der Waals surface area contributed by atoms with Gasteiger partial charge in [-0.3, -0.25) is 0 Å². The van der Waals surface area contributed by atoms with Crippen LogP contribution in [0.25, 0.3) is 0 Å². The number of hydrogen-bond donors (Lipinski definition) is 0. The molecule has 2 aliphatic carbocycles. The largest absolute Gasteiger partial charge is 0.0833 e. The first-order valence-electron chi connectivity index (χ1n) is 6.04. The molecule has 0 heteroatoms. The molecule has 0 aromatic heterocycles. The van der Waals surface area contributed by atoms with E-state index >= 15 is 0 Å². The Morgan fingerprint density at radius 2 is 1.69 bits per heavy atom. The highest BCUT2D eigenvalue weighted by molar-refractivity contribution is 5.59. The topological polar surface area (TPSA) is 0 Å². The highest BCUT2D eigenvalue weighted by Gasteiger charge is 2.48. The van der Waals surface area contributed by atoms with E-state index in [0.717, 1.165) is 6.42 Å². The monoisotopic (exact) mass is 210 g/mol. The van der Waals surface area contributed by atoms with Gasteiger partial charge in [-0.15, -0.1) is 0 Å². The first kappa shape index (κ1) is 9.89. The first-order chi connectivity index (χ1) is 7.57. The lowest BCUT2D eigenvalue weighted by Crippen LogP contribution is -2.27. The summed E-state index contributed by atoms with van der Waals surface area (Å²) in [4.78, 5) is 0. The summed E-state index contributed by atoms with van der Waals surface area (Å²) in [6.07, 6.45) is 7.97. The maximum absolute atomic E-state index is 2.38. The molecule has 1 atom stereocenters. The van der Waals surface area contributed by atoms with Crippen molar-refractivity contribution in [3.05, 3.63) is 59.2 Å². The molecule has 1 aromatic carbocycles. The second-order valence-electron chi connectivity index (χ2n) is 5.72. The molecule has 0 bridgehead atoms. The second kappa shape index (κ2) is 2.88. The average molecular weight is 210 g/mol. The van der Waals surface area contributed by atoms with Crippen LogP contribution in [0.5, 0.6) is 0 Å². The van der Waals surface area contributed by atoms with Crippen LogP contribution in [0.15, 0.2) is 48.1 Å². The van der Waals surface area contributed by atoms with Gasteiger partial charge >= 0.3 is 0 Å². The van der Waals surface area contributed by atoms with E-state index in [1.807, 2.05) is 0 Å². The molecular formula is C16H18. The SMILES string of the molecule is CC1(C)C2=CC=CCC2(C)c2ccccc21. The van der Waals surface area contributed by atoms with Crippen molar-refractivity contribution in [2.45, 2.75) is 38.0 Å². The Morgan fingerprint density at radius 3 is 2.44 bits per heavy atom. The molecule has 0 N–H and O–H groups in total. The third-order valence-corrected chi connectivity index (χ3v) is 4.39. The van der Waals surface area contributed by atoms with Gasteiger partial charge in [0.25, 0.3) is 0 Å². The number of fused-ring (bicyclic) bond motifs is 3. The Balaban J connectivity index is 2.34. The van der Waals surface area contributed by atoms with Gasteiger partial charge in [-0.05, 0) is 23.1 Å². The maximum atomic E-state index is 2.38. The van der Waals surface area contributed by atoms with Crippen molar-refractivity contribution >= 4 is 0 Å². The van der Waals surface area contributed by atoms with Crippen LogP contribution < -0.4 is 0 Å². The summed E-state index contributed by atoms with van der Waals surface area (Å²) in [6, 6.07) is 8.92. The van der Waals surface area contributed by atoms with Gasteiger partial charge < -0.3 is 0 Å². The lowest BCUT2D eigenvalue weighted by Gasteiger charge is -2.33. The molecule has 82 valence electrons. The normalized spacial score (nSPS) is 29.6.